The first-order chi connectivity index (χ1) is 17.4. The van der Waals surface area contributed by atoms with E-state index < -0.39 is 72.2 Å². The van der Waals surface area contributed by atoms with Gasteiger partial charge in [0.25, 0.3) is 0 Å². The first kappa shape index (κ1) is 34.8. The molecule has 5 atom stereocenters. The predicted molar refractivity (Wildman–Crippen MR) is 140 cm³/mol. The van der Waals surface area contributed by atoms with Gasteiger partial charge in [0.05, 0.1) is 12.5 Å². The molecule has 0 aliphatic heterocycles. The molecule has 0 rings (SSSR count). The zero-order chi connectivity index (χ0) is 30.1. The third-order valence-electron chi connectivity index (χ3n) is 6.46. The average Bonchev–Trinajstić information content (AvgIpc) is 2.82. The van der Waals surface area contributed by atoms with Crippen molar-refractivity contribution in [1.29, 1.82) is 0 Å². The molecule has 0 spiro atoms. The van der Waals surface area contributed by atoms with E-state index in [4.69, 9.17) is 5.11 Å². The number of carboxylic acid groups (broad SMARTS) is 2. The third kappa shape index (κ3) is 9.58. The quantitative estimate of drug-likeness (QED) is 0.219. The molecule has 0 saturated carbocycles. The van der Waals surface area contributed by atoms with Crippen molar-refractivity contribution in [1.82, 2.24) is 25.3 Å². The van der Waals surface area contributed by atoms with Crippen LogP contribution in [0.25, 0.3) is 0 Å². The predicted octanol–water partition coefficient (Wildman–Crippen LogP) is -0.159. The Morgan fingerprint density at radius 1 is 0.711 bits per heavy atom. The summed E-state index contributed by atoms with van der Waals surface area (Å²) in [7, 11) is 5.71. The van der Waals surface area contributed by atoms with Crippen molar-refractivity contribution in [3.05, 3.63) is 0 Å². The van der Waals surface area contributed by atoms with Crippen LogP contribution in [0.5, 0.6) is 0 Å². The Hall–Kier alpha value is -3.22. The van der Waals surface area contributed by atoms with E-state index in [9.17, 15) is 33.9 Å². The number of carbonyl (C=O) groups excluding carboxylic acids is 4. The Labute approximate surface area is 224 Å². The highest BCUT2D eigenvalue weighted by Crippen LogP contribution is 2.17. The molecule has 0 aromatic carbocycles. The van der Waals surface area contributed by atoms with E-state index in [-0.39, 0.29) is 11.8 Å². The molecule has 218 valence electrons. The van der Waals surface area contributed by atoms with Crippen molar-refractivity contribution in [2.24, 2.45) is 11.8 Å². The lowest BCUT2D eigenvalue weighted by atomic mass is 9.99. The van der Waals surface area contributed by atoms with Gasteiger partial charge in [-0.25, -0.2) is 4.79 Å². The number of hydrogen-bond acceptors (Lipinski definition) is 7. The third-order valence-corrected chi connectivity index (χ3v) is 6.46. The van der Waals surface area contributed by atoms with Gasteiger partial charge in [0.1, 0.15) is 24.2 Å². The fourth-order valence-electron chi connectivity index (χ4n) is 4.10. The fourth-order valence-corrected chi connectivity index (χ4v) is 4.10. The summed E-state index contributed by atoms with van der Waals surface area (Å²) in [4.78, 5) is 78.4. The number of carbonyl (C=O) groups is 6. The Balaban J connectivity index is 5.84. The first-order valence-electron chi connectivity index (χ1n) is 12.6. The lowest BCUT2D eigenvalue weighted by Gasteiger charge is -2.36. The number of hydrogen-bond donors (Lipinski definition) is 4. The maximum atomic E-state index is 13.3. The van der Waals surface area contributed by atoms with Crippen molar-refractivity contribution in [3.8, 4) is 0 Å². The van der Waals surface area contributed by atoms with E-state index in [0.29, 0.717) is 6.42 Å². The van der Waals surface area contributed by atoms with Gasteiger partial charge in [-0.15, -0.1) is 0 Å². The van der Waals surface area contributed by atoms with Gasteiger partial charge in [0.15, 0.2) is 0 Å². The summed E-state index contributed by atoms with van der Waals surface area (Å²) in [6, 6.07) is -5.15. The van der Waals surface area contributed by atoms with Gasteiger partial charge >= 0.3 is 11.9 Å². The molecular weight excluding hydrogens is 498 g/mol. The Morgan fingerprint density at radius 2 is 1.18 bits per heavy atom. The van der Waals surface area contributed by atoms with Crippen LogP contribution in [0.4, 0.5) is 0 Å². The van der Waals surface area contributed by atoms with Gasteiger partial charge in [0, 0.05) is 21.1 Å². The molecule has 4 N–H and O–H groups in total. The van der Waals surface area contributed by atoms with Crippen LogP contribution in [0.2, 0.25) is 0 Å². The zero-order valence-electron chi connectivity index (χ0n) is 24.1. The molecule has 0 unspecified atom stereocenters. The second kappa shape index (κ2) is 15.3. The van der Waals surface area contributed by atoms with E-state index in [1.54, 1.807) is 27.8 Å². The van der Waals surface area contributed by atoms with Gasteiger partial charge in [-0.1, -0.05) is 27.7 Å². The molecule has 0 bridgehead atoms. The van der Waals surface area contributed by atoms with E-state index in [1.807, 2.05) is 13.8 Å². The monoisotopic (exact) mass is 543 g/mol. The van der Waals surface area contributed by atoms with Crippen LogP contribution < -0.4 is 10.6 Å². The summed E-state index contributed by atoms with van der Waals surface area (Å²) in [5, 5.41) is 24.0. The number of amides is 4. The minimum absolute atomic E-state index is 0.0750. The molecule has 4 amide bonds. The summed E-state index contributed by atoms with van der Waals surface area (Å²) in [6.07, 6.45) is -0.443. The Morgan fingerprint density at radius 3 is 1.58 bits per heavy atom. The SMILES string of the molecule is CN[C@@H](C)C(=O)N(C)[C@@H](CC(C)C)C(=O)N[C@@H](C)C(=O)N(C)[C@H](C(=O)N(C)[C@@H](CC(=O)O)C(=O)O)C(C)C. The second-order valence-corrected chi connectivity index (χ2v) is 10.4. The van der Waals surface area contributed by atoms with Crippen LogP contribution in [0, 0.1) is 11.8 Å². The van der Waals surface area contributed by atoms with Gasteiger partial charge in [0.2, 0.25) is 23.6 Å². The van der Waals surface area contributed by atoms with Crippen molar-refractivity contribution in [2.45, 2.75) is 84.6 Å². The van der Waals surface area contributed by atoms with E-state index in [2.05, 4.69) is 10.6 Å². The topological polar surface area (TPSA) is 177 Å². The molecule has 13 nitrogen and oxygen atoms in total. The number of nitrogens with one attached hydrogen (secondary N) is 2. The molecule has 38 heavy (non-hydrogen) atoms. The fraction of sp³-hybridized carbons (Fsp3) is 0.760. The maximum Gasteiger partial charge on any atom is 0.327 e. The van der Waals surface area contributed by atoms with E-state index >= 15 is 0 Å². The molecule has 0 fully saturated rings. The van der Waals surface area contributed by atoms with Crippen LogP contribution in [0.3, 0.4) is 0 Å². The molecule has 13 heteroatoms. The van der Waals surface area contributed by atoms with Crippen molar-refractivity contribution < 1.29 is 39.0 Å². The summed E-state index contributed by atoms with van der Waals surface area (Å²) in [5.74, 6) is -5.41. The van der Waals surface area contributed by atoms with Gasteiger partial charge in [-0.05, 0) is 39.2 Å². The molecule has 0 radical (unpaired) electrons. The van der Waals surface area contributed by atoms with Crippen LogP contribution in [0.1, 0.15) is 54.4 Å². The molecule has 0 aliphatic carbocycles. The average molecular weight is 544 g/mol. The lowest BCUT2D eigenvalue weighted by molar-refractivity contribution is -0.157. The lowest BCUT2D eigenvalue weighted by Crippen LogP contribution is -2.59. The number of aliphatic carboxylic acids is 2. The summed E-state index contributed by atoms with van der Waals surface area (Å²) in [6.45, 7) is 10.3. The van der Waals surface area contributed by atoms with Crippen LogP contribution in [-0.4, -0.2) is 119 Å². The van der Waals surface area contributed by atoms with Crippen LogP contribution in [0.15, 0.2) is 0 Å². The molecule has 0 aromatic heterocycles. The first-order valence-corrected chi connectivity index (χ1v) is 12.6. The van der Waals surface area contributed by atoms with Crippen molar-refractivity contribution in [2.75, 3.05) is 28.2 Å². The highest BCUT2D eigenvalue weighted by molar-refractivity contribution is 5.95. The van der Waals surface area contributed by atoms with Gasteiger partial charge in [-0.2, -0.15) is 0 Å². The smallest absolute Gasteiger partial charge is 0.327 e. The normalized spacial score (nSPS) is 15.2. The molecule has 0 aliphatic rings. The maximum absolute atomic E-state index is 13.3. The highest BCUT2D eigenvalue weighted by Gasteiger charge is 2.39. The number of carboxylic acids is 2. The second-order valence-electron chi connectivity index (χ2n) is 10.4. The number of rotatable bonds is 15. The molecule has 0 heterocycles. The Kier molecular flexibility index (Phi) is 14.0. The largest absolute Gasteiger partial charge is 0.481 e. The van der Waals surface area contributed by atoms with Crippen molar-refractivity contribution in [3.63, 3.8) is 0 Å². The number of nitrogens with zero attached hydrogens (tertiary/aromatic N) is 3. The highest BCUT2D eigenvalue weighted by atomic mass is 16.4. The standard InChI is InChI=1S/C25H45N5O8/c1-13(2)11-17(28(8)22(34)15(5)26-7)21(33)27-16(6)23(35)30(10)20(14(3)4)24(36)29(9)18(25(37)38)12-19(31)32/h13-18,20,26H,11-12H2,1-10H3,(H,27,33)(H,31,32)(H,37,38)/t15-,16-,17-,18-,20-/m0/s1. The van der Waals surface area contributed by atoms with Crippen LogP contribution in [-0.2, 0) is 28.8 Å². The number of likely N-dealkylation sites (N-methyl/N-ethyl adjacent to an activating group) is 4. The minimum Gasteiger partial charge on any atom is -0.481 e. The van der Waals surface area contributed by atoms with Crippen molar-refractivity contribution >= 4 is 35.6 Å². The summed E-state index contributed by atoms with van der Waals surface area (Å²) < 4.78 is 0. The van der Waals surface area contributed by atoms with Crippen LogP contribution >= 0.6 is 0 Å². The summed E-state index contributed by atoms with van der Waals surface area (Å²) in [5.41, 5.74) is 0. The summed E-state index contributed by atoms with van der Waals surface area (Å²) >= 11 is 0. The molecular formula is C25H45N5O8. The van der Waals surface area contributed by atoms with E-state index in [1.165, 1.54) is 33.0 Å². The van der Waals surface area contributed by atoms with Gasteiger partial charge in [-0.3, -0.25) is 24.0 Å². The minimum atomic E-state index is -1.62. The van der Waals surface area contributed by atoms with Gasteiger partial charge < -0.3 is 35.5 Å². The molecule has 0 saturated heterocycles. The Bertz CT molecular complexity index is 878. The molecule has 0 aromatic rings. The van der Waals surface area contributed by atoms with E-state index in [0.717, 1.165) is 9.80 Å². The zero-order valence-corrected chi connectivity index (χ0v) is 24.1.